The second-order valence-corrected chi connectivity index (χ2v) is 13.8. The molecule has 10 heteroatoms. The number of esters is 1. The molecule has 39 heavy (non-hydrogen) atoms. The Kier molecular flexibility index (Phi) is 6.61. The molecule has 0 radical (unpaired) electrons. The van der Waals surface area contributed by atoms with Gasteiger partial charge in [0, 0.05) is 23.3 Å². The smallest absolute Gasteiger partial charge is 0.331 e. The first-order chi connectivity index (χ1) is 18.2. The van der Waals surface area contributed by atoms with Gasteiger partial charge in [-0.3, -0.25) is 0 Å². The van der Waals surface area contributed by atoms with Gasteiger partial charge >= 0.3 is 5.97 Å². The molecule has 14 atom stereocenters. The summed E-state index contributed by atoms with van der Waals surface area (Å²) in [6, 6.07) is 0. The van der Waals surface area contributed by atoms with Crippen molar-refractivity contribution in [2.24, 2.45) is 28.6 Å². The van der Waals surface area contributed by atoms with E-state index in [1.54, 1.807) is 13.0 Å². The number of fused-ring (bicyclic) bond motifs is 5. The molecule has 0 bridgehead atoms. The van der Waals surface area contributed by atoms with E-state index in [4.69, 9.17) is 14.2 Å². The van der Waals surface area contributed by atoms with Crippen LogP contribution in [0.25, 0.3) is 0 Å². The van der Waals surface area contributed by atoms with E-state index < -0.39 is 64.9 Å². The van der Waals surface area contributed by atoms with Gasteiger partial charge in [-0.15, -0.1) is 0 Å². The Morgan fingerprint density at radius 2 is 1.67 bits per heavy atom. The van der Waals surface area contributed by atoms with Crippen molar-refractivity contribution in [2.75, 3.05) is 6.61 Å². The fraction of sp³-hybridized carbons (Fsp3) is 0.897. The number of rotatable bonds is 3. The average molecular weight is 553 g/mol. The fourth-order valence-electron chi connectivity index (χ4n) is 9.89. The van der Waals surface area contributed by atoms with Gasteiger partial charge in [-0.25, -0.2) is 4.79 Å². The molecule has 0 aromatic rings. The first kappa shape index (κ1) is 28.0. The Balaban J connectivity index is 1.22. The monoisotopic (exact) mass is 552 g/mol. The Morgan fingerprint density at radius 3 is 2.36 bits per heavy atom. The minimum Gasteiger partial charge on any atom is -0.458 e. The molecule has 4 saturated carbocycles. The molecule has 220 valence electrons. The van der Waals surface area contributed by atoms with E-state index in [0.29, 0.717) is 38.5 Å². The van der Waals surface area contributed by atoms with Crippen molar-refractivity contribution in [1.82, 2.24) is 0 Å². The lowest BCUT2D eigenvalue weighted by molar-refractivity contribution is -0.323. The van der Waals surface area contributed by atoms with Crippen molar-refractivity contribution in [3.8, 4) is 0 Å². The highest BCUT2D eigenvalue weighted by Gasteiger charge is 2.72. The molecule has 0 spiro atoms. The lowest BCUT2D eigenvalue weighted by atomic mass is 9.41. The van der Waals surface area contributed by atoms with Gasteiger partial charge in [0.05, 0.1) is 29.5 Å². The van der Waals surface area contributed by atoms with Crippen LogP contribution in [0, 0.1) is 28.6 Å². The van der Waals surface area contributed by atoms with Crippen LogP contribution in [0.15, 0.2) is 11.6 Å². The number of aliphatic hydroxyl groups is 6. The van der Waals surface area contributed by atoms with E-state index in [1.807, 2.05) is 13.8 Å². The molecule has 6 N–H and O–H groups in total. The molecule has 6 aliphatic rings. The van der Waals surface area contributed by atoms with E-state index in [-0.39, 0.29) is 36.8 Å². The van der Waals surface area contributed by atoms with Crippen LogP contribution in [0.3, 0.4) is 0 Å². The van der Waals surface area contributed by atoms with Gasteiger partial charge in [-0.1, -0.05) is 13.8 Å². The Labute approximate surface area is 229 Å². The summed E-state index contributed by atoms with van der Waals surface area (Å²) in [4.78, 5) is 11.8. The van der Waals surface area contributed by atoms with Crippen LogP contribution in [0.1, 0.15) is 72.1 Å². The summed E-state index contributed by atoms with van der Waals surface area (Å²) in [6.45, 7) is 5.92. The van der Waals surface area contributed by atoms with Gasteiger partial charge < -0.3 is 44.8 Å². The van der Waals surface area contributed by atoms with Crippen molar-refractivity contribution in [2.45, 2.75) is 126 Å². The molecular formula is C29H44O10. The van der Waals surface area contributed by atoms with Crippen LogP contribution in [0.2, 0.25) is 0 Å². The van der Waals surface area contributed by atoms with Gasteiger partial charge in [0.2, 0.25) is 0 Å². The molecule has 2 heterocycles. The molecule has 0 amide bonds. The molecule has 0 aromatic heterocycles. The maximum absolute atomic E-state index is 12.4. The van der Waals surface area contributed by atoms with Crippen LogP contribution >= 0.6 is 0 Å². The highest BCUT2D eigenvalue weighted by atomic mass is 16.7. The topological polar surface area (TPSA) is 166 Å². The fourth-order valence-corrected chi connectivity index (χ4v) is 9.89. The highest BCUT2D eigenvalue weighted by molar-refractivity contribution is 5.85. The number of cyclic esters (lactones) is 1. The summed E-state index contributed by atoms with van der Waals surface area (Å²) in [7, 11) is 0. The summed E-state index contributed by atoms with van der Waals surface area (Å²) in [6.07, 6.45) is -1.39. The molecule has 4 aliphatic carbocycles. The van der Waals surface area contributed by atoms with Crippen LogP contribution in [-0.2, 0) is 19.0 Å². The van der Waals surface area contributed by atoms with Gasteiger partial charge in [-0.05, 0) is 75.2 Å². The highest BCUT2D eigenvalue weighted by Crippen LogP contribution is 2.70. The van der Waals surface area contributed by atoms with Gasteiger partial charge in [0.25, 0.3) is 0 Å². The summed E-state index contributed by atoms with van der Waals surface area (Å²) in [5.74, 6) is -0.893. The zero-order valence-corrected chi connectivity index (χ0v) is 23.0. The van der Waals surface area contributed by atoms with E-state index in [0.717, 1.165) is 12.0 Å². The maximum Gasteiger partial charge on any atom is 0.331 e. The van der Waals surface area contributed by atoms with Crippen LogP contribution < -0.4 is 0 Å². The summed E-state index contributed by atoms with van der Waals surface area (Å²) in [5, 5.41) is 66.9. The first-order valence-corrected chi connectivity index (χ1v) is 14.6. The zero-order valence-electron chi connectivity index (χ0n) is 23.0. The molecule has 0 unspecified atom stereocenters. The van der Waals surface area contributed by atoms with Crippen molar-refractivity contribution >= 4 is 5.97 Å². The lowest BCUT2D eigenvalue weighted by Crippen LogP contribution is -2.71. The predicted molar refractivity (Wildman–Crippen MR) is 136 cm³/mol. The summed E-state index contributed by atoms with van der Waals surface area (Å²) >= 11 is 0. The third kappa shape index (κ3) is 3.86. The van der Waals surface area contributed by atoms with Gasteiger partial charge in [-0.2, -0.15) is 0 Å². The van der Waals surface area contributed by atoms with Crippen molar-refractivity contribution < 1.29 is 49.6 Å². The van der Waals surface area contributed by atoms with E-state index in [9.17, 15) is 35.4 Å². The molecule has 5 fully saturated rings. The molecule has 6 rings (SSSR count). The summed E-state index contributed by atoms with van der Waals surface area (Å²) < 4.78 is 16.9. The van der Waals surface area contributed by atoms with Crippen LogP contribution in [-0.4, -0.2) is 97.3 Å². The standard InChI is InChI=1S/C29H44O10/c1-14-22(32)23(33)24(34)25(38-14)39-16-4-7-26(2)21-18(5-8-28(26,35)11-16)29(36)9-6-17(15-10-20(31)37-13-15)27(29,3)12-19(21)30/h10,14,16-19,21-25,30,32-36H,4-9,11-13H2,1-3H3/t14-,16+,17-,18+,19-,21+,22+,23-,24-,25+,26-,27-,28+,29+/m1/s1. The SMILES string of the molecule is C[C@H]1O[C@@H](O[C@H]2CC[C@]3(C)[C@@H]4[C@H](O)C[C@]5(C)[C@@H](C6=CC(=O)OC6)CC[C@]5(O)[C@H]4CC[C@]3(O)C2)[C@H](O)[C@H](O)[C@H]1O. The molecular weight excluding hydrogens is 508 g/mol. The first-order valence-electron chi connectivity index (χ1n) is 14.6. The van der Waals surface area contributed by atoms with Crippen molar-refractivity contribution in [3.05, 3.63) is 11.6 Å². The number of carbonyl (C=O) groups is 1. The Bertz CT molecular complexity index is 1030. The quantitative estimate of drug-likeness (QED) is 0.215. The number of hydrogen-bond donors (Lipinski definition) is 6. The Morgan fingerprint density at radius 1 is 0.923 bits per heavy atom. The van der Waals surface area contributed by atoms with E-state index in [1.165, 1.54) is 0 Å². The third-order valence-electron chi connectivity index (χ3n) is 12.2. The van der Waals surface area contributed by atoms with E-state index in [2.05, 4.69) is 0 Å². The number of hydrogen-bond acceptors (Lipinski definition) is 10. The van der Waals surface area contributed by atoms with Crippen molar-refractivity contribution in [1.29, 1.82) is 0 Å². The lowest BCUT2D eigenvalue weighted by Gasteiger charge is -2.67. The molecule has 10 nitrogen and oxygen atoms in total. The van der Waals surface area contributed by atoms with E-state index >= 15 is 0 Å². The van der Waals surface area contributed by atoms with Gasteiger partial charge in [0.1, 0.15) is 24.9 Å². The predicted octanol–water partition coefficient (Wildman–Crippen LogP) is 0.542. The second kappa shape index (κ2) is 9.19. The minimum atomic E-state index is -1.41. The summed E-state index contributed by atoms with van der Waals surface area (Å²) in [5.41, 5.74) is -2.54. The molecule has 1 saturated heterocycles. The number of carbonyl (C=O) groups excluding carboxylic acids is 1. The zero-order chi connectivity index (χ0) is 28.1. The van der Waals surface area contributed by atoms with Crippen LogP contribution in [0.4, 0.5) is 0 Å². The molecule has 2 aliphatic heterocycles. The number of ether oxygens (including phenoxy) is 3. The number of aliphatic hydroxyl groups excluding tert-OH is 4. The average Bonchev–Trinajstić information content (AvgIpc) is 3.41. The van der Waals surface area contributed by atoms with Gasteiger partial charge in [0.15, 0.2) is 6.29 Å². The Hall–Kier alpha value is -1.11. The molecule has 0 aromatic carbocycles. The van der Waals surface area contributed by atoms with Crippen LogP contribution in [0.5, 0.6) is 0 Å². The minimum absolute atomic E-state index is 0.0412. The third-order valence-corrected chi connectivity index (χ3v) is 12.2. The van der Waals surface area contributed by atoms with Crippen molar-refractivity contribution in [3.63, 3.8) is 0 Å². The largest absolute Gasteiger partial charge is 0.458 e. The normalized spacial score (nSPS) is 57.3. The second-order valence-electron chi connectivity index (χ2n) is 13.8. The maximum atomic E-state index is 12.4.